The molecule has 0 bridgehead atoms. The summed E-state index contributed by atoms with van der Waals surface area (Å²) < 4.78 is 12.0. The second kappa shape index (κ2) is 8.47. The normalized spacial score (nSPS) is 19.5. The second-order valence-corrected chi connectivity index (χ2v) is 9.68. The predicted octanol–water partition coefficient (Wildman–Crippen LogP) is 5.07. The van der Waals surface area contributed by atoms with Crippen molar-refractivity contribution < 1.29 is 9.47 Å². The fourth-order valence-electron chi connectivity index (χ4n) is 5.53. The zero-order valence-corrected chi connectivity index (χ0v) is 19.2. The van der Waals surface area contributed by atoms with Crippen molar-refractivity contribution in [1.82, 2.24) is 14.9 Å². The number of aromatic nitrogens is 2. The first-order valence-electron chi connectivity index (χ1n) is 12.4. The van der Waals surface area contributed by atoms with Gasteiger partial charge in [0.25, 0.3) is 0 Å². The van der Waals surface area contributed by atoms with Crippen LogP contribution in [0.25, 0.3) is 21.8 Å². The number of likely N-dealkylation sites (tertiary alicyclic amines) is 1. The molecule has 3 aliphatic rings. The molecule has 1 N–H and O–H groups in total. The van der Waals surface area contributed by atoms with Crippen LogP contribution < -0.4 is 14.4 Å². The topological polar surface area (TPSA) is 53.6 Å². The minimum absolute atomic E-state index is 0.647. The minimum Gasteiger partial charge on any atom is -0.493 e. The Kier molecular flexibility index (Phi) is 5.34. The molecular weight excluding hydrogens is 400 g/mol. The van der Waals surface area contributed by atoms with E-state index in [0.29, 0.717) is 12.5 Å². The fraction of sp³-hybridized carbons (Fsp3) is 0.577. The first-order chi connectivity index (χ1) is 15.8. The molecular formula is C26H34N4O2. The third kappa shape index (κ3) is 3.68. The largest absolute Gasteiger partial charge is 0.493 e. The Morgan fingerprint density at radius 1 is 1.03 bits per heavy atom. The molecule has 1 aromatic carbocycles. The lowest BCUT2D eigenvalue weighted by atomic mass is 10.1. The molecule has 6 heteroatoms. The molecule has 6 nitrogen and oxygen atoms in total. The molecule has 3 fully saturated rings. The molecule has 4 heterocycles. The van der Waals surface area contributed by atoms with Crippen molar-refractivity contribution in [3.63, 3.8) is 0 Å². The van der Waals surface area contributed by atoms with Crippen LogP contribution in [0.15, 0.2) is 18.3 Å². The summed E-state index contributed by atoms with van der Waals surface area (Å²) in [4.78, 5) is 13.7. The number of fused-ring (bicyclic) bond motifs is 3. The first kappa shape index (κ1) is 20.2. The molecule has 1 aliphatic carbocycles. The van der Waals surface area contributed by atoms with Crippen molar-refractivity contribution in [2.24, 2.45) is 0 Å². The van der Waals surface area contributed by atoms with E-state index in [9.17, 15) is 0 Å². The van der Waals surface area contributed by atoms with Crippen molar-refractivity contribution in [3.8, 4) is 11.5 Å². The zero-order valence-electron chi connectivity index (χ0n) is 19.2. The molecule has 3 aromatic rings. The maximum absolute atomic E-state index is 6.21. The molecule has 0 unspecified atom stereocenters. The van der Waals surface area contributed by atoms with Crippen LogP contribution in [-0.4, -0.2) is 61.3 Å². The van der Waals surface area contributed by atoms with Crippen LogP contribution in [0, 0.1) is 0 Å². The number of rotatable bonds is 8. The van der Waals surface area contributed by atoms with E-state index in [1.807, 2.05) is 0 Å². The van der Waals surface area contributed by atoms with E-state index < -0.39 is 0 Å². The van der Waals surface area contributed by atoms with Crippen LogP contribution in [-0.2, 0) is 0 Å². The number of pyridine rings is 1. The zero-order chi connectivity index (χ0) is 21.5. The first-order valence-corrected chi connectivity index (χ1v) is 12.4. The number of H-pyrrole nitrogens is 1. The Morgan fingerprint density at radius 3 is 2.56 bits per heavy atom. The van der Waals surface area contributed by atoms with E-state index in [2.05, 4.69) is 33.1 Å². The van der Waals surface area contributed by atoms with E-state index in [0.717, 1.165) is 48.9 Å². The maximum Gasteiger partial charge on any atom is 0.163 e. The maximum atomic E-state index is 6.21. The van der Waals surface area contributed by atoms with Crippen molar-refractivity contribution in [1.29, 1.82) is 0 Å². The third-order valence-corrected chi connectivity index (χ3v) is 7.42. The number of hydrogen-bond donors (Lipinski definition) is 1. The SMILES string of the molecule is COc1cc2c(cc1OCCCN1CCCC1)[nH]c1c(C3CC3)cnc(N3CCCC3)c12. The molecule has 0 spiro atoms. The van der Waals surface area contributed by atoms with Crippen LogP contribution in [0.4, 0.5) is 5.82 Å². The highest BCUT2D eigenvalue weighted by Gasteiger charge is 2.29. The molecule has 2 aromatic heterocycles. The lowest BCUT2D eigenvalue weighted by molar-refractivity contribution is 0.254. The van der Waals surface area contributed by atoms with Gasteiger partial charge in [-0.05, 0) is 75.6 Å². The van der Waals surface area contributed by atoms with Gasteiger partial charge in [0.05, 0.1) is 30.1 Å². The molecule has 2 aliphatic heterocycles. The summed E-state index contributed by atoms with van der Waals surface area (Å²) in [6.45, 7) is 6.49. The number of methoxy groups -OCH3 is 1. The average Bonchev–Trinajstić information content (AvgIpc) is 3.21. The van der Waals surface area contributed by atoms with Crippen LogP contribution in [0.2, 0.25) is 0 Å². The number of nitrogens with zero attached hydrogens (tertiary/aromatic N) is 3. The summed E-state index contributed by atoms with van der Waals surface area (Å²) in [5.41, 5.74) is 3.74. The summed E-state index contributed by atoms with van der Waals surface area (Å²) >= 11 is 0. The van der Waals surface area contributed by atoms with Crippen LogP contribution in [0.1, 0.15) is 56.4 Å². The van der Waals surface area contributed by atoms with E-state index in [-0.39, 0.29) is 0 Å². The van der Waals surface area contributed by atoms with Gasteiger partial charge in [0, 0.05) is 37.3 Å². The lowest BCUT2D eigenvalue weighted by Gasteiger charge is -2.18. The van der Waals surface area contributed by atoms with E-state index in [1.165, 1.54) is 73.5 Å². The summed E-state index contributed by atoms with van der Waals surface area (Å²) in [5.74, 6) is 3.41. The quantitative estimate of drug-likeness (QED) is 0.502. The third-order valence-electron chi connectivity index (χ3n) is 7.42. The van der Waals surface area contributed by atoms with Crippen molar-refractivity contribution in [2.45, 2.75) is 50.9 Å². The van der Waals surface area contributed by atoms with Gasteiger partial charge in [0.1, 0.15) is 5.82 Å². The van der Waals surface area contributed by atoms with Gasteiger partial charge in [-0.2, -0.15) is 0 Å². The number of benzene rings is 1. The Balaban J connectivity index is 1.35. The number of hydrogen-bond acceptors (Lipinski definition) is 5. The predicted molar refractivity (Wildman–Crippen MR) is 129 cm³/mol. The molecule has 32 heavy (non-hydrogen) atoms. The number of nitrogens with one attached hydrogen (secondary N) is 1. The standard InChI is InChI=1S/C26H34N4O2/c1-31-22-15-19-21(16-23(22)32-14-6-11-29-9-2-3-10-29)28-25-20(18-7-8-18)17-27-26(24(19)25)30-12-4-5-13-30/h15-18,28H,2-14H2,1H3. The number of anilines is 1. The molecule has 6 rings (SSSR count). The van der Waals surface area contributed by atoms with Gasteiger partial charge in [0.2, 0.25) is 0 Å². The summed E-state index contributed by atoms with van der Waals surface area (Å²) in [6.07, 6.45) is 10.9. The Bertz CT molecular complexity index is 1110. The van der Waals surface area contributed by atoms with Crippen LogP contribution >= 0.6 is 0 Å². The smallest absolute Gasteiger partial charge is 0.163 e. The molecule has 0 radical (unpaired) electrons. The van der Waals surface area contributed by atoms with E-state index in [4.69, 9.17) is 14.5 Å². The van der Waals surface area contributed by atoms with E-state index in [1.54, 1.807) is 7.11 Å². The molecule has 0 amide bonds. The highest BCUT2D eigenvalue weighted by molar-refractivity contribution is 6.14. The van der Waals surface area contributed by atoms with Gasteiger partial charge in [-0.15, -0.1) is 0 Å². The van der Waals surface area contributed by atoms with Crippen molar-refractivity contribution in [3.05, 3.63) is 23.9 Å². The monoisotopic (exact) mass is 434 g/mol. The highest BCUT2D eigenvalue weighted by atomic mass is 16.5. The van der Waals surface area contributed by atoms with Gasteiger partial charge in [-0.25, -0.2) is 4.98 Å². The Labute approximate surface area is 189 Å². The Morgan fingerprint density at radius 2 is 1.81 bits per heavy atom. The van der Waals surface area contributed by atoms with Crippen molar-refractivity contribution in [2.75, 3.05) is 51.3 Å². The van der Waals surface area contributed by atoms with Crippen LogP contribution in [0.5, 0.6) is 11.5 Å². The summed E-state index contributed by atoms with van der Waals surface area (Å²) in [5, 5.41) is 2.45. The van der Waals surface area contributed by atoms with Gasteiger partial charge in [-0.3, -0.25) is 0 Å². The lowest BCUT2D eigenvalue weighted by Crippen LogP contribution is -2.21. The highest BCUT2D eigenvalue weighted by Crippen LogP contribution is 2.47. The fourth-order valence-corrected chi connectivity index (χ4v) is 5.53. The molecule has 170 valence electrons. The molecule has 1 saturated carbocycles. The number of ether oxygens (including phenoxy) is 2. The van der Waals surface area contributed by atoms with Gasteiger partial charge in [-0.1, -0.05) is 0 Å². The summed E-state index contributed by atoms with van der Waals surface area (Å²) in [6, 6.07) is 4.29. The summed E-state index contributed by atoms with van der Waals surface area (Å²) in [7, 11) is 1.74. The van der Waals surface area contributed by atoms with Gasteiger partial charge < -0.3 is 24.3 Å². The number of aromatic amines is 1. The van der Waals surface area contributed by atoms with Crippen LogP contribution in [0.3, 0.4) is 0 Å². The second-order valence-electron chi connectivity index (χ2n) is 9.68. The average molecular weight is 435 g/mol. The van der Waals surface area contributed by atoms with Gasteiger partial charge in [0.15, 0.2) is 11.5 Å². The van der Waals surface area contributed by atoms with Gasteiger partial charge >= 0.3 is 0 Å². The van der Waals surface area contributed by atoms with Crippen molar-refractivity contribution >= 4 is 27.6 Å². The molecule has 0 atom stereocenters. The van der Waals surface area contributed by atoms with E-state index >= 15 is 0 Å². The molecule has 2 saturated heterocycles. The Hall–Kier alpha value is -2.47. The minimum atomic E-state index is 0.647.